The number of benzene rings is 2. The number of halogens is 1. The third kappa shape index (κ3) is 7.01. The molecule has 2 amide bonds. The molecular weight excluding hydrogens is 372 g/mol. The molecule has 0 saturated carbocycles. The molecule has 0 fully saturated rings. The normalized spacial score (nSPS) is 11.9. The zero-order chi connectivity index (χ0) is 20.5. The van der Waals surface area contributed by atoms with Crippen LogP contribution >= 0.6 is 11.6 Å². The highest BCUT2D eigenvalue weighted by atomic mass is 35.5. The van der Waals surface area contributed by atoms with Crippen LogP contribution in [0, 0.1) is 5.92 Å². The van der Waals surface area contributed by atoms with Gasteiger partial charge < -0.3 is 10.2 Å². The van der Waals surface area contributed by atoms with Gasteiger partial charge in [0.1, 0.15) is 6.04 Å². The molecule has 0 heterocycles. The van der Waals surface area contributed by atoms with Crippen LogP contribution in [0.3, 0.4) is 0 Å². The molecule has 150 valence electrons. The highest BCUT2D eigenvalue weighted by Gasteiger charge is 2.26. The van der Waals surface area contributed by atoms with Gasteiger partial charge in [-0.25, -0.2) is 0 Å². The zero-order valence-corrected chi connectivity index (χ0v) is 17.6. The summed E-state index contributed by atoms with van der Waals surface area (Å²) in [6.07, 6.45) is 0.998. The van der Waals surface area contributed by atoms with Crippen LogP contribution in [0.4, 0.5) is 0 Å². The predicted octanol–water partition coefficient (Wildman–Crippen LogP) is 4.46. The molecule has 0 radical (unpaired) electrons. The number of amides is 2. The Morgan fingerprint density at radius 3 is 2.32 bits per heavy atom. The largest absolute Gasteiger partial charge is 0.354 e. The zero-order valence-electron chi connectivity index (χ0n) is 16.8. The maximum absolute atomic E-state index is 13.0. The quantitative estimate of drug-likeness (QED) is 0.675. The first-order valence-electron chi connectivity index (χ1n) is 9.72. The fourth-order valence-electron chi connectivity index (χ4n) is 2.91. The minimum absolute atomic E-state index is 0.0453. The monoisotopic (exact) mass is 400 g/mol. The van der Waals surface area contributed by atoms with Gasteiger partial charge in [0.2, 0.25) is 11.8 Å². The Morgan fingerprint density at radius 2 is 1.68 bits per heavy atom. The van der Waals surface area contributed by atoms with Crippen molar-refractivity contribution in [3.8, 4) is 0 Å². The van der Waals surface area contributed by atoms with Crippen molar-refractivity contribution in [1.29, 1.82) is 0 Å². The molecule has 1 atom stereocenters. The fraction of sp³-hybridized carbons (Fsp3) is 0.391. The van der Waals surface area contributed by atoms with Crippen LogP contribution in [0.2, 0.25) is 5.02 Å². The number of carbonyl (C=O) groups is 2. The Kier molecular flexibility index (Phi) is 8.52. The smallest absolute Gasteiger partial charge is 0.242 e. The van der Waals surface area contributed by atoms with E-state index in [1.54, 1.807) is 17.9 Å². The molecular formula is C23H29ClN2O2. The predicted molar refractivity (Wildman–Crippen MR) is 114 cm³/mol. The third-order valence-electron chi connectivity index (χ3n) is 4.56. The van der Waals surface area contributed by atoms with Crippen LogP contribution in [-0.4, -0.2) is 29.3 Å². The van der Waals surface area contributed by atoms with Crippen LogP contribution < -0.4 is 5.32 Å². The van der Waals surface area contributed by atoms with Gasteiger partial charge in [-0.2, -0.15) is 0 Å². The highest BCUT2D eigenvalue weighted by Crippen LogP contribution is 2.16. The number of aryl methyl sites for hydroxylation is 1. The van der Waals surface area contributed by atoms with Gasteiger partial charge in [-0.1, -0.05) is 67.9 Å². The molecule has 0 bridgehead atoms. The van der Waals surface area contributed by atoms with Gasteiger partial charge >= 0.3 is 0 Å². The Bertz CT molecular complexity index is 777. The number of carbonyl (C=O) groups excluding carboxylic acids is 2. The van der Waals surface area contributed by atoms with Crippen LogP contribution in [0.15, 0.2) is 54.6 Å². The van der Waals surface area contributed by atoms with E-state index in [0.717, 1.165) is 11.1 Å². The maximum Gasteiger partial charge on any atom is 0.242 e. The molecule has 2 rings (SSSR count). The van der Waals surface area contributed by atoms with Gasteiger partial charge in [0.25, 0.3) is 0 Å². The lowest BCUT2D eigenvalue weighted by Gasteiger charge is -2.29. The van der Waals surface area contributed by atoms with Gasteiger partial charge in [0.15, 0.2) is 0 Å². The van der Waals surface area contributed by atoms with E-state index in [1.807, 2.05) is 62.4 Å². The number of hydrogen-bond acceptors (Lipinski definition) is 2. The number of nitrogens with one attached hydrogen (secondary N) is 1. The van der Waals surface area contributed by atoms with Crippen molar-refractivity contribution in [2.45, 2.75) is 46.2 Å². The number of hydrogen-bond donors (Lipinski definition) is 1. The van der Waals surface area contributed by atoms with Crippen LogP contribution in [-0.2, 0) is 22.6 Å². The van der Waals surface area contributed by atoms with Crippen LogP contribution in [0.5, 0.6) is 0 Å². The van der Waals surface area contributed by atoms with E-state index in [4.69, 9.17) is 11.6 Å². The van der Waals surface area contributed by atoms with E-state index in [2.05, 4.69) is 5.32 Å². The van der Waals surface area contributed by atoms with E-state index in [-0.39, 0.29) is 11.8 Å². The van der Waals surface area contributed by atoms with Crippen molar-refractivity contribution < 1.29 is 9.59 Å². The van der Waals surface area contributed by atoms with Crippen LogP contribution in [0.25, 0.3) is 0 Å². The van der Waals surface area contributed by atoms with Gasteiger partial charge in [-0.05, 0) is 42.5 Å². The molecule has 1 N–H and O–H groups in total. The standard InChI is InChI=1S/C23H29ClN2O2/c1-17(2)15-25-23(28)18(3)26(16-20-10-7-11-21(24)14-20)22(27)13-12-19-8-5-4-6-9-19/h4-11,14,17-18H,12-13,15-16H2,1-3H3,(H,25,28). The second-order valence-corrected chi connectivity index (χ2v) is 7.89. The average Bonchev–Trinajstić information content (AvgIpc) is 2.68. The summed E-state index contributed by atoms with van der Waals surface area (Å²) in [4.78, 5) is 27.2. The summed E-state index contributed by atoms with van der Waals surface area (Å²) in [6, 6.07) is 16.7. The molecule has 2 aromatic rings. The summed E-state index contributed by atoms with van der Waals surface area (Å²) >= 11 is 6.09. The lowest BCUT2D eigenvalue weighted by molar-refractivity contribution is -0.140. The molecule has 0 aromatic heterocycles. The molecule has 0 aliphatic carbocycles. The first-order chi connectivity index (χ1) is 13.4. The Morgan fingerprint density at radius 1 is 1.00 bits per heavy atom. The van der Waals surface area contributed by atoms with Gasteiger partial charge in [0.05, 0.1) is 0 Å². The van der Waals surface area contributed by atoms with E-state index in [1.165, 1.54) is 0 Å². The van der Waals surface area contributed by atoms with Gasteiger partial charge in [-0.3, -0.25) is 9.59 Å². The van der Waals surface area contributed by atoms with E-state index in [0.29, 0.717) is 36.9 Å². The fourth-order valence-corrected chi connectivity index (χ4v) is 3.12. The Hall–Kier alpha value is -2.33. The van der Waals surface area contributed by atoms with E-state index < -0.39 is 6.04 Å². The Labute approximate surface area is 172 Å². The van der Waals surface area contributed by atoms with Crippen molar-refractivity contribution >= 4 is 23.4 Å². The van der Waals surface area contributed by atoms with E-state index in [9.17, 15) is 9.59 Å². The van der Waals surface area contributed by atoms with E-state index >= 15 is 0 Å². The molecule has 5 heteroatoms. The molecule has 4 nitrogen and oxygen atoms in total. The SMILES string of the molecule is CC(C)CNC(=O)C(C)N(Cc1cccc(Cl)c1)C(=O)CCc1ccccc1. The summed E-state index contributed by atoms with van der Waals surface area (Å²) in [5.74, 6) is 0.172. The number of rotatable bonds is 9. The first kappa shape index (κ1) is 22.0. The second-order valence-electron chi connectivity index (χ2n) is 7.45. The second kappa shape index (κ2) is 10.9. The van der Waals surface area contributed by atoms with Crippen molar-refractivity contribution in [2.24, 2.45) is 5.92 Å². The summed E-state index contributed by atoms with van der Waals surface area (Å²) < 4.78 is 0. The lowest BCUT2D eigenvalue weighted by atomic mass is 10.1. The number of nitrogens with zero attached hydrogens (tertiary/aromatic N) is 1. The van der Waals surface area contributed by atoms with Crippen molar-refractivity contribution in [3.05, 3.63) is 70.7 Å². The van der Waals surface area contributed by atoms with Crippen molar-refractivity contribution in [2.75, 3.05) is 6.54 Å². The highest BCUT2D eigenvalue weighted by molar-refractivity contribution is 6.30. The molecule has 2 aromatic carbocycles. The van der Waals surface area contributed by atoms with Crippen molar-refractivity contribution in [1.82, 2.24) is 10.2 Å². The summed E-state index contributed by atoms with van der Waals surface area (Å²) in [5.41, 5.74) is 2.01. The summed E-state index contributed by atoms with van der Waals surface area (Å²) in [6.45, 7) is 6.80. The van der Waals surface area contributed by atoms with Crippen molar-refractivity contribution in [3.63, 3.8) is 0 Å². The molecule has 1 unspecified atom stereocenters. The van der Waals surface area contributed by atoms with Gasteiger partial charge in [-0.15, -0.1) is 0 Å². The molecule has 28 heavy (non-hydrogen) atoms. The minimum atomic E-state index is -0.555. The molecule has 0 aliphatic heterocycles. The molecule has 0 saturated heterocycles. The topological polar surface area (TPSA) is 49.4 Å². The Balaban J connectivity index is 2.11. The third-order valence-corrected chi connectivity index (χ3v) is 4.80. The molecule has 0 aliphatic rings. The minimum Gasteiger partial charge on any atom is -0.354 e. The summed E-state index contributed by atoms with van der Waals surface area (Å²) in [7, 11) is 0. The average molecular weight is 401 g/mol. The lowest BCUT2D eigenvalue weighted by Crippen LogP contribution is -2.48. The van der Waals surface area contributed by atoms with Crippen LogP contribution in [0.1, 0.15) is 38.3 Å². The van der Waals surface area contributed by atoms with Gasteiger partial charge in [0, 0.05) is 24.5 Å². The summed E-state index contributed by atoms with van der Waals surface area (Å²) in [5, 5.41) is 3.55. The molecule has 0 spiro atoms. The maximum atomic E-state index is 13.0. The first-order valence-corrected chi connectivity index (χ1v) is 10.1.